The largest absolute Gasteiger partial charge is 0.380 e. The van der Waals surface area contributed by atoms with Crippen molar-refractivity contribution in [3.63, 3.8) is 0 Å². The summed E-state index contributed by atoms with van der Waals surface area (Å²) in [4.78, 5) is 22.2. The van der Waals surface area contributed by atoms with Crippen LogP contribution in [0.15, 0.2) is 30.5 Å². The standard InChI is InChI=1S/C22H30N8O3S/c1-29-22(31)20-16(24-15-7-4-5-10-17(15)30(2)34(3,32)33)11-18(27-21(20)28-29)26-19-12-23-13-8-6-9-14(13)25-19/h4-5,7,10,12,16,18,20-21,24,27-28H,6,8-9,11H2,1-3H3,(H,25,26). The van der Waals surface area contributed by atoms with Crippen molar-refractivity contribution in [1.29, 1.82) is 0 Å². The summed E-state index contributed by atoms with van der Waals surface area (Å²) < 4.78 is 25.6. The number of benzene rings is 1. The van der Waals surface area contributed by atoms with Gasteiger partial charge in [0.05, 0.1) is 53.5 Å². The second-order valence-corrected chi connectivity index (χ2v) is 11.1. The first-order valence-corrected chi connectivity index (χ1v) is 13.3. The van der Waals surface area contributed by atoms with Gasteiger partial charge in [-0.2, -0.15) is 0 Å². The molecule has 0 radical (unpaired) electrons. The zero-order chi connectivity index (χ0) is 24.0. The average molecular weight is 487 g/mol. The molecule has 2 aliphatic heterocycles. The van der Waals surface area contributed by atoms with E-state index in [1.165, 1.54) is 22.6 Å². The van der Waals surface area contributed by atoms with Gasteiger partial charge in [0.25, 0.3) is 0 Å². The lowest BCUT2D eigenvalue weighted by molar-refractivity contribution is -0.131. The number of fused-ring (bicyclic) bond motifs is 2. The van der Waals surface area contributed by atoms with Gasteiger partial charge in [-0.15, -0.1) is 0 Å². The summed E-state index contributed by atoms with van der Waals surface area (Å²) in [7, 11) is -0.218. The molecule has 4 unspecified atom stereocenters. The van der Waals surface area contributed by atoms with Gasteiger partial charge in [-0.3, -0.25) is 24.4 Å². The number of hydrogen-bond acceptors (Lipinski definition) is 9. The van der Waals surface area contributed by atoms with Crippen LogP contribution < -0.4 is 25.7 Å². The Morgan fingerprint density at radius 2 is 1.94 bits per heavy atom. The minimum atomic E-state index is -3.45. The van der Waals surface area contributed by atoms with Gasteiger partial charge in [-0.25, -0.2) is 18.8 Å². The van der Waals surface area contributed by atoms with E-state index in [0.29, 0.717) is 23.6 Å². The summed E-state index contributed by atoms with van der Waals surface area (Å²) in [6.07, 6.45) is 6.02. The highest BCUT2D eigenvalue weighted by Crippen LogP contribution is 2.33. The Kier molecular flexibility index (Phi) is 5.82. The first kappa shape index (κ1) is 22.8. The fraction of sp³-hybridized carbons (Fsp3) is 0.500. The molecule has 2 aromatic rings. The number of anilines is 3. The Balaban J connectivity index is 1.41. The second-order valence-electron chi connectivity index (χ2n) is 9.13. The predicted molar refractivity (Wildman–Crippen MR) is 130 cm³/mol. The number of nitrogens with one attached hydrogen (secondary N) is 4. The van der Waals surface area contributed by atoms with Crippen molar-refractivity contribution in [2.45, 2.75) is 44.1 Å². The van der Waals surface area contributed by atoms with E-state index in [1.54, 1.807) is 25.4 Å². The molecule has 3 aliphatic rings. The molecule has 1 amide bonds. The predicted octanol–water partition coefficient (Wildman–Crippen LogP) is 0.492. The zero-order valence-electron chi connectivity index (χ0n) is 19.4. The van der Waals surface area contributed by atoms with Gasteiger partial charge in [-0.05, 0) is 31.4 Å². The summed E-state index contributed by atoms with van der Waals surface area (Å²) >= 11 is 0. The smallest absolute Gasteiger partial charge is 0.244 e. The van der Waals surface area contributed by atoms with Crippen LogP contribution in [0.2, 0.25) is 0 Å². The van der Waals surface area contributed by atoms with Crippen LogP contribution in [0.1, 0.15) is 24.2 Å². The van der Waals surface area contributed by atoms with Gasteiger partial charge >= 0.3 is 0 Å². The van der Waals surface area contributed by atoms with E-state index >= 15 is 0 Å². The number of hydrogen-bond donors (Lipinski definition) is 4. The van der Waals surface area contributed by atoms with E-state index in [4.69, 9.17) is 4.98 Å². The van der Waals surface area contributed by atoms with Crippen molar-refractivity contribution < 1.29 is 13.2 Å². The summed E-state index contributed by atoms with van der Waals surface area (Å²) in [5.74, 6) is 0.302. The number of rotatable bonds is 6. The Morgan fingerprint density at radius 3 is 2.74 bits per heavy atom. The maximum Gasteiger partial charge on any atom is 0.244 e. The summed E-state index contributed by atoms with van der Waals surface area (Å²) in [6.45, 7) is 0. The lowest BCUT2D eigenvalue weighted by Gasteiger charge is -2.39. The molecule has 11 nitrogen and oxygen atoms in total. The van der Waals surface area contributed by atoms with Crippen molar-refractivity contribution in [2.24, 2.45) is 5.92 Å². The normalized spacial score (nSPS) is 26.2. The number of para-hydroxylation sites is 2. The molecule has 1 aromatic heterocycles. The highest BCUT2D eigenvalue weighted by molar-refractivity contribution is 7.92. The van der Waals surface area contributed by atoms with E-state index in [9.17, 15) is 13.2 Å². The summed E-state index contributed by atoms with van der Waals surface area (Å²) in [5, 5.41) is 11.9. The van der Waals surface area contributed by atoms with Crippen molar-refractivity contribution in [2.75, 3.05) is 35.3 Å². The zero-order valence-corrected chi connectivity index (χ0v) is 20.3. The number of sulfonamides is 1. The number of nitrogens with zero attached hydrogens (tertiary/aromatic N) is 4. The first-order chi connectivity index (χ1) is 16.2. The monoisotopic (exact) mass is 486 g/mol. The van der Waals surface area contributed by atoms with Crippen LogP contribution in [-0.4, -0.2) is 68.0 Å². The molecular formula is C22H30N8O3S. The molecule has 4 atom stereocenters. The van der Waals surface area contributed by atoms with E-state index in [1.807, 2.05) is 12.1 Å². The van der Waals surface area contributed by atoms with Crippen LogP contribution in [0.25, 0.3) is 0 Å². The fourth-order valence-corrected chi connectivity index (χ4v) is 5.50. The van der Waals surface area contributed by atoms with Gasteiger partial charge in [-0.1, -0.05) is 12.1 Å². The van der Waals surface area contributed by atoms with Crippen LogP contribution in [0, 0.1) is 5.92 Å². The molecule has 5 rings (SSSR count). The molecule has 3 heterocycles. The molecule has 34 heavy (non-hydrogen) atoms. The minimum absolute atomic E-state index is 0.0280. The van der Waals surface area contributed by atoms with E-state index in [2.05, 4.69) is 26.4 Å². The Hall–Kier alpha value is -2.96. The molecule has 1 aromatic carbocycles. The third-order valence-electron chi connectivity index (χ3n) is 6.77. The molecule has 2 fully saturated rings. The Morgan fingerprint density at radius 1 is 1.18 bits per heavy atom. The first-order valence-electron chi connectivity index (χ1n) is 11.4. The summed E-state index contributed by atoms with van der Waals surface area (Å²) in [6, 6.07) is 6.96. The molecule has 182 valence electrons. The topological polar surface area (TPSA) is 132 Å². The van der Waals surface area contributed by atoms with E-state index in [0.717, 1.165) is 30.7 Å². The third-order valence-corrected chi connectivity index (χ3v) is 7.97. The van der Waals surface area contributed by atoms with E-state index in [-0.39, 0.29) is 30.2 Å². The number of carbonyl (C=O) groups is 1. The van der Waals surface area contributed by atoms with Crippen LogP contribution in [0.5, 0.6) is 0 Å². The number of aromatic nitrogens is 2. The number of amides is 1. The van der Waals surface area contributed by atoms with Gasteiger partial charge in [0.2, 0.25) is 15.9 Å². The lowest BCUT2D eigenvalue weighted by Crippen LogP contribution is -2.61. The molecule has 1 aliphatic carbocycles. The second kappa shape index (κ2) is 8.67. The fourth-order valence-electron chi connectivity index (χ4n) is 4.98. The van der Waals surface area contributed by atoms with Gasteiger partial charge in [0.15, 0.2) is 0 Å². The van der Waals surface area contributed by atoms with Crippen LogP contribution in [-0.2, 0) is 27.7 Å². The Labute approximate surface area is 199 Å². The minimum Gasteiger partial charge on any atom is -0.380 e. The molecule has 0 saturated carbocycles. The number of aryl methyl sites for hydroxylation is 2. The van der Waals surface area contributed by atoms with Crippen molar-refractivity contribution in [3.05, 3.63) is 41.9 Å². The maximum atomic E-state index is 12.9. The van der Waals surface area contributed by atoms with Gasteiger partial charge in [0.1, 0.15) is 5.82 Å². The van der Waals surface area contributed by atoms with Crippen molar-refractivity contribution in [3.8, 4) is 0 Å². The van der Waals surface area contributed by atoms with Crippen molar-refractivity contribution >= 4 is 33.1 Å². The number of carbonyl (C=O) groups excluding carboxylic acids is 1. The molecule has 12 heteroatoms. The van der Waals surface area contributed by atoms with Gasteiger partial charge in [0, 0.05) is 26.6 Å². The van der Waals surface area contributed by atoms with Crippen molar-refractivity contribution in [1.82, 2.24) is 25.7 Å². The molecule has 4 N–H and O–H groups in total. The highest BCUT2D eigenvalue weighted by Gasteiger charge is 2.48. The summed E-state index contributed by atoms with van der Waals surface area (Å²) in [5.41, 5.74) is 6.48. The van der Waals surface area contributed by atoms with Gasteiger partial charge < -0.3 is 10.6 Å². The average Bonchev–Trinajstić information content (AvgIpc) is 3.36. The molecule has 2 saturated heterocycles. The van der Waals surface area contributed by atoms with Crippen LogP contribution >= 0.6 is 0 Å². The van der Waals surface area contributed by atoms with E-state index < -0.39 is 10.0 Å². The lowest BCUT2D eigenvalue weighted by atomic mass is 9.88. The number of piperidine rings is 1. The maximum absolute atomic E-state index is 12.9. The SMILES string of the molecule is CN1NC2NC(Nc3cnc4c(n3)CCC4)CC(Nc3ccccc3N(C)S(C)(=O)=O)C2C1=O. The van der Waals surface area contributed by atoms with Crippen LogP contribution in [0.3, 0.4) is 0 Å². The quantitative estimate of drug-likeness (QED) is 0.461. The van der Waals surface area contributed by atoms with Crippen LogP contribution in [0.4, 0.5) is 17.2 Å². The molecular weight excluding hydrogens is 456 g/mol. The molecule has 0 bridgehead atoms. The Bertz CT molecular complexity index is 1210. The third kappa shape index (κ3) is 4.28. The molecule has 0 spiro atoms. The number of hydrazine groups is 1. The highest BCUT2D eigenvalue weighted by atomic mass is 32.2.